The number of carbonyl (C=O) groups is 1. The number of hydrogen-bond acceptors (Lipinski definition) is 4. The van der Waals surface area contributed by atoms with E-state index >= 15 is 0 Å². The van der Waals surface area contributed by atoms with Gasteiger partial charge in [0.25, 0.3) is 0 Å². The van der Waals surface area contributed by atoms with Gasteiger partial charge in [-0.05, 0) is 41.1 Å². The Labute approximate surface area is 182 Å². The third-order valence-electron chi connectivity index (χ3n) is 4.68. The first-order valence-corrected chi connectivity index (χ1v) is 12.3. The highest BCUT2D eigenvalue weighted by Crippen LogP contribution is 2.26. The zero-order chi connectivity index (χ0) is 21.4. The van der Waals surface area contributed by atoms with Crippen molar-refractivity contribution >= 4 is 27.3 Å². The number of rotatable bonds is 10. The molecule has 0 aliphatic carbocycles. The molecule has 1 atom stereocenters. The Bertz CT molecular complexity index is 1030. The van der Waals surface area contributed by atoms with Gasteiger partial charge in [-0.25, -0.2) is 13.1 Å². The number of amides is 1. The Balaban J connectivity index is 1.63. The van der Waals surface area contributed by atoms with Crippen LogP contribution in [0.25, 0.3) is 0 Å². The Morgan fingerprint density at radius 1 is 1.00 bits per heavy atom. The van der Waals surface area contributed by atoms with Crippen LogP contribution >= 0.6 is 11.3 Å². The van der Waals surface area contributed by atoms with Crippen molar-refractivity contribution in [3.8, 4) is 0 Å². The van der Waals surface area contributed by atoms with E-state index in [1.807, 2.05) is 29.6 Å². The molecule has 0 saturated heterocycles. The second kappa shape index (κ2) is 10.5. The van der Waals surface area contributed by atoms with Gasteiger partial charge in [-0.3, -0.25) is 4.79 Å². The van der Waals surface area contributed by atoms with E-state index in [9.17, 15) is 13.2 Å². The SMILES string of the molecule is CCCc1ccc(C(NC(=O)CCNS(=O)(=O)c2ccccc2)c2cccs2)cc1. The second-order valence-electron chi connectivity index (χ2n) is 6.97. The summed E-state index contributed by atoms with van der Waals surface area (Å²) in [6.07, 6.45) is 2.17. The quantitative estimate of drug-likeness (QED) is 0.492. The molecule has 0 aliphatic heterocycles. The summed E-state index contributed by atoms with van der Waals surface area (Å²) in [6, 6.07) is 20.1. The predicted molar refractivity (Wildman–Crippen MR) is 121 cm³/mol. The van der Waals surface area contributed by atoms with Crippen molar-refractivity contribution in [2.24, 2.45) is 0 Å². The van der Waals surface area contributed by atoms with Gasteiger partial charge in [0.1, 0.15) is 0 Å². The van der Waals surface area contributed by atoms with Gasteiger partial charge in [-0.1, -0.05) is 61.9 Å². The molecule has 0 aliphatic rings. The molecule has 0 bridgehead atoms. The molecule has 0 fully saturated rings. The number of aryl methyl sites for hydroxylation is 1. The minimum atomic E-state index is -3.62. The van der Waals surface area contributed by atoms with Gasteiger partial charge >= 0.3 is 0 Å². The van der Waals surface area contributed by atoms with Gasteiger partial charge in [0.05, 0.1) is 10.9 Å². The molecule has 3 aromatic rings. The summed E-state index contributed by atoms with van der Waals surface area (Å²) in [4.78, 5) is 13.8. The lowest BCUT2D eigenvalue weighted by Crippen LogP contribution is -2.33. The number of nitrogens with one attached hydrogen (secondary N) is 2. The van der Waals surface area contributed by atoms with Crippen LogP contribution in [-0.4, -0.2) is 20.9 Å². The van der Waals surface area contributed by atoms with Crippen LogP contribution in [0.5, 0.6) is 0 Å². The second-order valence-corrected chi connectivity index (χ2v) is 9.71. The fourth-order valence-electron chi connectivity index (χ4n) is 3.15. The molecule has 2 aromatic carbocycles. The molecule has 158 valence electrons. The Hall–Kier alpha value is -2.48. The molecule has 1 heterocycles. The maximum atomic E-state index is 12.6. The van der Waals surface area contributed by atoms with Crippen molar-refractivity contribution in [2.45, 2.75) is 37.1 Å². The summed E-state index contributed by atoms with van der Waals surface area (Å²) in [6.45, 7) is 2.18. The van der Waals surface area contributed by atoms with Gasteiger partial charge in [0, 0.05) is 17.8 Å². The van der Waals surface area contributed by atoms with E-state index in [1.165, 1.54) is 17.7 Å². The molecule has 1 unspecified atom stereocenters. The summed E-state index contributed by atoms with van der Waals surface area (Å²) in [7, 11) is -3.62. The highest BCUT2D eigenvalue weighted by atomic mass is 32.2. The number of benzene rings is 2. The van der Waals surface area contributed by atoms with Crippen LogP contribution in [0.4, 0.5) is 0 Å². The normalized spacial score (nSPS) is 12.4. The summed E-state index contributed by atoms with van der Waals surface area (Å²) in [5.74, 6) is -0.207. The first kappa shape index (κ1) is 22.2. The monoisotopic (exact) mass is 442 g/mol. The van der Waals surface area contributed by atoms with Crippen LogP contribution in [-0.2, 0) is 21.2 Å². The van der Waals surface area contributed by atoms with E-state index < -0.39 is 10.0 Å². The molecule has 7 heteroatoms. The van der Waals surface area contributed by atoms with Crippen LogP contribution < -0.4 is 10.0 Å². The van der Waals surface area contributed by atoms with Gasteiger partial charge < -0.3 is 5.32 Å². The van der Waals surface area contributed by atoms with E-state index in [4.69, 9.17) is 0 Å². The molecule has 1 aromatic heterocycles. The van der Waals surface area contributed by atoms with E-state index in [2.05, 4.69) is 29.1 Å². The van der Waals surface area contributed by atoms with Crippen LogP contribution in [0.3, 0.4) is 0 Å². The molecule has 3 rings (SSSR count). The standard InChI is InChI=1S/C23H26N2O3S2/c1-2-7-18-11-13-19(14-12-18)23(21-10-6-17-29-21)25-22(26)15-16-24-30(27,28)20-8-4-3-5-9-20/h3-6,8-14,17,23-24H,2,7,15-16H2,1H3,(H,25,26). The first-order valence-electron chi connectivity index (χ1n) is 9.96. The molecule has 0 spiro atoms. The molecule has 0 saturated carbocycles. The lowest BCUT2D eigenvalue weighted by Gasteiger charge is -2.19. The van der Waals surface area contributed by atoms with E-state index in [-0.39, 0.29) is 29.8 Å². The van der Waals surface area contributed by atoms with Gasteiger partial charge in [-0.15, -0.1) is 11.3 Å². The predicted octanol–water partition coefficient (Wildman–Crippen LogP) is 4.27. The Morgan fingerprint density at radius 3 is 2.37 bits per heavy atom. The number of carbonyl (C=O) groups excluding carboxylic acids is 1. The Morgan fingerprint density at radius 2 is 1.73 bits per heavy atom. The topological polar surface area (TPSA) is 75.3 Å². The smallest absolute Gasteiger partial charge is 0.240 e. The summed E-state index contributed by atoms with van der Waals surface area (Å²) < 4.78 is 27.1. The summed E-state index contributed by atoms with van der Waals surface area (Å²) in [5, 5.41) is 5.03. The molecule has 5 nitrogen and oxygen atoms in total. The van der Waals surface area contributed by atoms with Crippen molar-refractivity contribution in [1.82, 2.24) is 10.0 Å². The number of hydrogen-bond donors (Lipinski definition) is 2. The van der Waals surface area contributed by atoms with E-state index in [0.717, 1.165) is 23.3 Å². The zero-order valence-corrected chi connectivity index (χ0v) is 18.5. The minimum Gasteiger partial charge on any atom is -0.344 e. The zero-order valence-electron chi connectivity index (χ0n) is 16.9. The van der Waals surface area contributed by atoms with Crippen molar-refractivity contribution in [3.63, 3.8) is 0 Å². The first-order chi connectivity index (χ1) is 14.5. The van der Waals surface area contributed by atoms with E-state index in [1.54, 1.807) is 29.5 Å². The molecular formula is C23H26N2O3S2. The minimum absolute atomic E-state index is 0.0374. The molecular weight excluding hydrogens is 416 g/mol. The Kier molecular flexibility index (Phi) is 7.79. The van der Waals surface area contributed by atoms with Crippen molar-refractivity contribution < 1.29 is 13.2 Å². The summed E-state index contributed by atoms with van der Waals surface area (Å²) in [5.41, 5.74) is 2.28. The highest BCUT2D eigenvalue weighted by Gasteiger charge is 2.19. The molecule has 2 N–H and O–H groups in total. The molecule has 30 heavy (non-hydrogen) atoms. The molecule has 0 radical (unpaired) electrons. The number of sulfonamides is 1. The van der Waals surface area contributed by atoms with Crippen molar-refractivity contribution in [1.29, 1.82) is 0 Å². The lowest BCUT2D eigenvalue weighted by atomic mass is 10.0. The van der Waals surface area contributed by atoms with Crippen LogP contribution in [0, 0.1) is 0 Å². The maximum Gasteiger partial charge on any atom is 0.240 e. The molecule has 1 amide bonds. The van der Waals surface area contributed by atoms with Gasteiger partial charge in [0.15, 0.2) is 0 Å². The third kappa shape index (κ3) is 6.01. The fraction of sp³-hybridized carbons (Fsp3) is 0.261. The average molecular weight is 443 g/mol. The number of thiophene rings is 1. The van der Waals surface area contributed by atoms with Gasteiger partial charge in [-0.2, -0.15) is 0 Å². The van der Waals surface area contributed by atoms with E-state index in [0.29, 0.717) is 0 Å². The van der Waals surface area contributed by atoms with Crippen molar-refractivity contribution in [2.75, 3.05) is 6.54 Å². The highest BCUT2D eigenvalue weighted by molar-refractivity contribution is 7.89. The van der Waals surface area contributed by atoms with Gasteiger partial charge in [0.2, 0.25) is 15.9 Å². The fourth-order valence-corrected chi connectivity index (χ4v) is 5.01. The largest absolute Gasteiger partial charge is 0.344 e. The summed E-state index contributed by atoms with van der Waals surface area (Å²) >= 11 is 1.58. The van der Waals surface area contributed by atoms with Crippen LogP contribution in [0.2, 0.25) is 0 Å². The maximum absolute atomic E-state index is 12.6. The van der Waals surface area contributed by atoms with Crippen molar-refractivity contribution in [3.05, 3.63) is 88.1 Å². The third-order valence-corrected chi connectivity index (χ3v) is 7.10. The average Bonchev–Trinajstić information content (AvgIpc) is 3.28. The van der Waals surface area contributed by atoms with Crippen LogP contribution in [0.15, 0.2) is 77.0 Å². The lowest BCUT2D eigenvalue weighted by molar-refractivity contribution is -0.121. The van der Waals surface area contributed by atoms with Crippen LogP contribution in [0.1, 0.15) is 41.8 Å².